The lowest BCUT2D eigenvalue weighted by Gasteiger charge is -2.14. The number of nitrogens with zero attached hydrogens (tertiary/aromatic N) is 2. The molecule has 4 aromatic rings. The van der Waals surface area contributed by atoms with Crippen molar-refractivity contribution in [1.82, 2.24) is 4.57 Å². The van der Waals surface area contributed by atoms with Crippen molar-refractivity contribution in [3.05, 3.63) is 93.7 Å². The van der Waals surface area contributed by atoms with Crippen molar-refractivity contribution in [2.75, 3.05) is 7.11 Å². The molecule has 144 valence electrons. The van der Waals surface area contributed by atoms with E-state index in [-0.39, 0.29) is 11.4 Å². The molecule has 0 fully saturated rings. The van der Waals surface area contributed by atoms with E-state index < -0.39 is 0 Å². The lowest BCUT2D eigenvalue weighted by atomic mass is 10.1. The molecule has 0 aliphatic rings. The minimum atomic E-state index is -0.361. The molecule has 0 radical (unpaired) electrons. The molecular formula is C23H17ClN2O3. The molecule has 0 saturated heterocycles. The summed E-state index contributed by atoms with van der Waals surface area (Å²) in [6.45, 7) is 0. The Balaban J connectivity index is 2.00. The highest BCUT2D eigenvalue weighted by Gasteiger charge is 2.17. The van der Waals surface area contributed by atoms with E-state index in [9.17, 15) is 9.90 Å². The van der Waals surface area contributed by atoms with Gasteiger partial charge >= 0.3 is 0 Å². The Morgan fingerprint density at radius 1 is 0.966 bits per heavy atom. The number of aliphatic imine (C=N–C) groups is 1. The Morgan fingerprint density at radius 3 is 2.38 bits per heavy atom. The molecule has 0 atom stereocenters. The van der Waals surface area contributed by atoms with Crippen LogP contribution >= 0.6 is 11.6 Å². The maximum Gasteiger partial charge on any atom is 0.265 e. The molecule has 29 heavy (non-hydrogen) atoms. The maximum absolute atomic E-state index is 13.1. The van der Waals surface area contributed by atoms with E-state index >= 15 is 0 Å². The Hall–Kier alpha value is -3.57. The van der Waals surface area contributed by atoms with E-state index in [1.807, 2.05) is 18.2 Å². The molecule has 0 aliphatic carbocycles. The van der Waals surface area contributed by atoms with Gasteiger partial charge < -0.3 is 9.84 Å². The van der Waals surface area contributed by atoms with Crippen LogP contribution in [0.3, 0.4) is 0 Å². The van der Waals surface area contributed by atoms with Gasteiger partial charge in [-0.25, -0.2) is 4.57 Å². The van der Waals surface area contributed by atoms with Gasteiger partial charge in [0, 0.05) is 17.0 Å². The number of hydrogen-bond donors (Lipinski definition) is 1. The van der Waals surface area contributed by atoms with E-state index in [1.54, 1.807) is 61.7 Å². The molecule has 1 heterocycles. The first-order chi connectivity index (χ1) is 14.1. The number of aromatic hydroxyl groups is 1. The van der Waals surface area contributed by atoms with E-state index in [2.05, 4.69) is 4.99 Å². The van der Waals surface area contributed by atoms with E-state index in [1.165, 1.54) is 10.8 Å². The maximum atomic E-state index is 13.1. The van der Waals surface area contributed by atoms with Crippen LogP contribution in [0.4, 0.5) is 5.69 Å². The third-order valence-electron chi connectivity index (χ3n) is 4.61. The van der Waals surface area contributed by atoms with E-state index in [0.29, 0.717) is 38.5 Å². The van der Waals surface area contributed by atoms with Crippen LogP contribution in [0.2, 0.25) is 5.02 Å². The molecule has 4 rings (SSSR count). The Kier molecular flexibility index (Phi) is 5.06. The third-order valence-corrected chi connectivity index (χ3v) is 4.93. The normalized spacial score (nSPS) is 11.2. The number of benzene rings is 3. The summed E-state index contributed by atoms with van der Waals surface area (Å²) >= 11 is 6.30. The summed E-state index contributed by atoms with van der Waals surface area (Å²) < 4.78 is 6.53. The van der Waals surface area contributed by atoms with Crippen molar-refractivity contribution in [3.8, 4) is 17.3 Å². The lowest BCUT2D eigenvalue weighted by molar-refractivity contribution is 0.416. The zero-order valence-electron chi connectivity index (χ0n) is 15.5. The van der Waals surface area contributed by atoms with Gasteiger partial charge in [-0.1, -0.05) is 54.1 Å². The van der Waals surface area contributed by atoms with Crippen LogP contribution in [-0.4, -0.2) is 23.0 Å². The van der Waals surface area contributed by atoms with Gasteiger partial charge in [0.1, 0.15) is 11.4 Å². The topological polar surface area (TPSA) is 63.8 Å². The predicted molar refractivity (Wildman–Crippen MR) is 116 cm³/mol. The molecule has 3 aromatic carbocycles. The first-order valence-electron chi connectivity index (χ1n) is 8.90. The molecule has 0 spiro atoms. The molecule has 0 saturated carbocycles. The first kappa shape index (κ1) is 18.8. The van der Waals surface area contributed by atoms with Crippen LogP contribution < -0.4 is 10.3 Å². The fourth-order valence-electron chi connectivity index (χ4n) is 3.22. The fraction of sp³-hybridized carbons (Fsp3) is 0.0435. The SMILES string of the molecule is COc1ccccc1N=Cc1c(O)n(-c2ccccc2Cl)c(=O)c2ccccc12. The van der Waals surface area contributed by atoms with Crippen LogP contribution in [0.5, 0.6) is 11.6 Å². The molecule has 0 unspecified atom stereocenters. The number of fused-ring (bicyclic) bond motifs is 1. The van der Waals surface area contributed by atoms with Crippen molar-refractivity contribution in [3.63, 3.8) is 0 Å². The van der Waals surface area contributed by atoms with Crippen LogP contribution in [0, 0.1) is 0 Å². The largest absolute Gasteiger partial charge is 0.494 e. The van der Waals surface area contributed by atoms with E-state index in [0.717, 1.165) is 0 Å². The van der Waals surface area contributed by atoms with Crippen LogP contribution in [0.1, 0.15) is 5.56 Å². The minimum absolute atomic E-state index is 0.236. The zero-order chi connectivity index (χ0) is 20.4. The highest BCUT2D eigenvalue weighted by Crippen LogP contribution is 2.31. The summed E-state index contributed by atoms with van der Waals surface area (Å²) in [4.78, 5) is 17.6. The summed E-state index contributed by atoms with van der Waals surface area (Å²) in [6, 6.07) is 21.2. The average molecular weight is 405 g/mol. The molecule has 1 N–H and O–H groups in total. The number of ether oxygens (including phenoxy) is 1. The summed E-state index contributed by atoms with van der Waals surface area (Å²) in [5, 5.41) is 12.4. The monoisotopic (exact) mass is 404 g/mol. The number of para-hydroxylation sites is 3. The number of hydrogen-bond acceptors (Lipinski definition) is 4. The molecule has 5 nitrogen and oxygen atoms in total. The second-order valence-electron chi connectivity index (χ2n) is 6.30. The molecule has 0 amide bonds. The second-order valence-corrected chi connectivity index (χ2v) is 6.71. The highest BCUT2D eigenvalue weighted by molar-refractivity contribution is 6.32. The molecular weight excluding hydrogens is 388 g/mol. The number of aromatic nitrogens is 1. The number of rotatable bonds is 4. The van der Waals surface area contributed by atoms with Gasteiger partial charge in [0.25, 0.3) is 5.56 Å². The van der Waals surface area contributed by atoms with Gasteiger partial charge in [0.15, 0.2) is 0 Å². The van der Waals surface area contributed by atoms with Gasteiger partial charge in [0.05, 0.1) is 23.4 Å². The minimum Gasteiger partial charge on any atom is -0.494 e. The van der Waals surface area contributed by atoms with Crippen molar-refractivity contribution >= 4 is 34.3 Å². The van der Waals surface area contributed by atoms with Crippen LogP contribution in [-0.2, 0) is 0 Å². The number of methoxy groups -OCH3 is 1. The van der Waals surface area contributed by atoms with Gasteiger partial charge in [-0.05, 0) is 30.3 Å². The predicted octanol–water partition coefficient (Wildman–Crippen LogP) is 5.11. The molecule has 0 bridgehead atoms. The fourth-order valence-corrected chi connectivity index (χ4v) is 3.44. The van der Waals surface area contributed by atoms with Gasteiger partial charge in [0.2, 0.25) is 5.88 Å². The zero-order valence-corrected chi connectivity index (χ0v) is 16.3. The van der Waals surface area contributed by atoms with Crippen molar-refractivity contribution < 1.29 is 9.84 Å². The van der Waals surface area contributed by atoms with Crippen LogP contribution in [0.15, 0.2) is 82.6 Å². The van der Waals surface area contributed by atoms with Crippen LogP contribution in [0.25, 0.3) is 16.5 Å². The Morgan fingerprint density at radius 2 is 1.62 bits per heavy atom. The number of pyridine rings is 1. The third kappa shape index (κ3) is 3.37. The molecule has 1 aromatic heterocycles. The smallest absolute Gasteiger partial charge is 0.265 e. The Labute approximate surface area is 172 Å². The second kappa shape index (κ2) is 7.81. The summed E-state index contributed by atoms with van der Waals surface area (Å²) in [7, 11) is 1.57. The summed E-state index contributed by atoms with van der Waals surface area (Å²) in [5.74, 6) is 0.368. The standard InChI is InChI=1S/C23H17ClN2O3/c1-29-21-13-7-5-11-19(21)25-14-17-15-8-2-3-9-16(15)22(27)26(23(17)28)20-12-6-4-10-18(20)24/h2-14,28H,1H3. The Bertz CT molecular complexity index is 1300. The van der Waals surface area contributed by atoms with E-state index in [4.69, 9.17) is 16.3 Å². The van der Waals surface area contributed by atoms with Gasteiger partial charge in [-0.3, -0.25) is 9.79 Å². The van der Waals surface area contributed by atoms with Crippen molar-refractivity contribution in [1.29, 1.82) is 0 Å². The molecule has 6 heteroatoms. The van der Waals surface area contributed by atoms with Gasteiger partial charge in [-0.2, -0.15) is 0 Å². The number of halogens is 1. The van der Waals surface area contributed by atoms with Gasteiger partial charge in [-0.15, -0.1) is 0 Å². The molecule has 0 aliphatic heterocycles. The lowest BCUT2D eigenvalue weighted by Crippen LogP contribution is -2.20. The highest BCUT2D eigenvalue weighted by atomic mass is 35.5. The summed E-state index contributed by atoms with van der Waals surface area (Å²) in [6.07, 6.45) is 1.53. The summed E-state index contributed by atoms with van der Waals surface area (Å²) in [5.41, 5.74) is 1.05. The quantitative estimate of drug-likeness (QED) is 0.481. The van der Waals surface area contributed by atoms with Crippen molar-refractivity contribution in [2.24, 2.45) is 4.99 Å². The van der Waals surface area contributed by atoms with Crippen molar-refractivity contribution in [2.45, 2.75) is 0 Å². The average Bonchev–Trinajstić information content (AvgIpc) is 2.75. The first-order valence-corrected chi connectivity index (χ1v) is 9.28.